The zero-order valence-electron chi connectivity index (χ0n) is 25.0. The van der Waals surface area contributed by atoms with E-state index >= 15 is 0 Å². The SMILES string of the molecule is C/C=C(\C)C(=O)O[C@@H]1[C@@H]2[C@@H](O)C3=C(CC[C@]4(C)[C@H]3CC(=O)O[C@H]4c3ccoc3)[C@]3(C)[C@@H](CC(=O)OC)[C@]1(C)CO[C@]23O. The fourth-order valence-corrected chi connectivity index (χ4v) is 9.22. The Morgan fingerprint density at radius 3 is 2.60 bits per heavy atom. The van der Waals surface area contributed by atoms with Crippen LogP contribution in [0.5, 0.6) is 0 Å². The van der Waals surface area contributed by atoms with E-state index in [0.29, 0.717) is 24.0 Å². The van der Waals surface area contributed by atoms with Gasteiger partial charge in [0.15, 0.2) is 5.79 Å². The molecule has 4 heterocycles. The Morgan fingerprint density at radius 1 is 1.21 bits per heavy atom. The van der Waals surface area contributed by atoms with Crippen LogP contribution >= 0.6 is 0 Å². The molecule has 3 aliphatic heterocycles. The third-order valence-corrected chi connectivity index (χ3v) is 11.6. The van der Waals surface area contributed by atoms with E-state index in [1.54, 1.807) is 32.3 Å². The van der Waals surface area contributed by atoms with Gasteiger partial charge in [-0.3, -0.25) is 9.59 Å². The summed E-state index contributed by atoms with van der Waals surface area (Å²) in [7, 11) is 1.32. The largest absolute Gasteiger partial charge is 0.472 e. The molecule has 10 atom stereocenters. The van der Waals surface area contributed by atoms with Crippen molar-refractivity contribution >= 4 is 17.9 Å². The molecule has 0 aromatic carbocycles. The summed E-state index contributed by atoms with van der Waals surface area (Å²) in [6.45, 7) is 9.23. The summed E-state index contributed by atoms with van der Waals surface area (Å²) in [4.78, 5) is 39.2. The second-order valence-electron chi connectivity index (χ2n) is 13.4. The van der Waals surface area contributed by atoms with Crippen molar-refractivity contribution in [3.63, 3.8) is 0 Å². The standard InChI is InChI=1S/C32H40O10/c1-7-16(2)28(36)42-27-24-25(35)23-18(31(5)20(13-21(33)38-6)30(27,4)15-40-32(24,31)37)8-10-29(3)19(23)12-22(34)41-26(29)17-9-11-39-14-17/h7,9,11,14,19-20,24-27,35,37H,8,10,12-13,15H2,1-6H3/b16-7+/t19-,20-,24-,25-,26-,27+,29+,30-,31+,32+/m0/s1. The number of aliphatic hydroxyl groups is 2. The molecule has 1 aromatic rings. The average Bonchev–Trinajstić information content (AvgIpc) is 3.49. The number of ether oxygens (including phenoxy) is 4. The van der Waals surface area contributed by atoms with E-state index in [1.165, 1.54) is 13.4 Å². The Kier molecular flexibility index (Phi) is 6.61. The molecule has 7 rings (SSSR count). The molecule has 0 amide bonds. The van der Waals surface area contributed by atoms with Crippen LogP contribution in [0.3, 0.4) is 0 Å². The predicted molar refractivity (Wildman–Crippen MR) is 146 cm³/mol. The highest BCUT2D eigenvalue weighted by Crippen LogP contribution is 2.74. The molecule has 228 valence electrons. The minimum Gasteiger partial charge on any atom is -0.472 e. The lowest BCUT2D eigenvalue weighted by molar-refractivity contribution is -0.427. The first-order chi connectivity index (χ1) is 19.8. The van der Waals surface area contributed by atoms with Crippen LogP contribution in [0.15, 0.2) is 45.8 Å². The Morgan fingerprint density at radius 2 is 1.95 bits per heavy atom. The van der Waals surface area contributed by atoms with Gasteiger partial charge in [0.05, 0.1) is 51.1 Å². The molecule has 6 aliphatic rings. The Balaban J connectivity index is 1.56. The highest BCUT2D eigenvalue weighted by atomic mass is 16.6. The Bertz CT molecular complexity index is 1380. The first kappa shape index (κ1) is 29.1. The quantitative estimate of drug-likeness (QED) is 0.227. The van der Waals surface area contributed by atoms with Gasteiger partial charge in [-0.1, -0.05) is 32.4 Å². The third-order valence-electron chi connectivity index (χ3n) is 11.6. The number of aliphatic hydroxyl groups excluding tert-OH is 1. The number of furan rings is 1. The lowest BCUT2D eigenvalue weighted by Crippen LogP contribution is -2.81. The molecule has 2 N–H and O–H groups in total. The second-order valence-corrected chi connectivity index (χ2v) is 13.4. The zero-order valence-corrected chi connectivity index (χ0v) is 25.0. The van der Waals surface area contributed by atoms with E-state index in [0.717, 1.165) is 11.1 Å². The van der Waals surface area contributed by atoms with Gasteiger partial charge in [0, 0.05) is 33.3 Å². The molecule has 10 heteroatoms. The highest BCUT2D eigenvalue weighted by molar-refractivity contribution is 5.88. The molecular formula is C32H40O10. The molecule has 0 spiro atoms. The smallest absolute Gasteiger partial charge is 0.333 e. The normalized spacial score (nSPS) is 44.2. The molecule has 0 radical (unpaired) electrons. The first-order valence-electron chi connectivity index (χ1n) is 14.7. The van der Waals surface area contributed by atoms with Gasteiger partial charge in [-0.05, 0) is 44.2 Å². The van der Waals surface area contributed by atoms with Gasteiger partial charge in [0.1, 0.15) is 12.2 Å². The Labute approximate surface area is 245 Å². The van der Waals surface area contributed by atoms with Crippen molar-refractivity contribution in [1.82, 2.24) is 0 Å². The summed E-state index contributed by atoms with van der Waals surface area (Å²) in [6.07, 6.45) is 2.98. The van der Waals surface area contributed by atoms with Crippen LogP contribution in [0.25, 0.3) is 0 Å². The van der Waals surface area contributed by atoms with E-state index in [9.17, 15) is 24.6 Å². The zero-order chi connectivity index (χ0) is 30.4. The van der Waals surface area contributed by atoms with Crippen LogP contribution in [0.1, 0.15) is 72.0 Å². The number of cyclic esters (lactones) is 1. The highest BCUT2D eigenvalue weighted by Gasteiger charge is 2.80. The number of allylic oxidation sites excluding steroid dienone is 1. The fourth-order valence-electron chi connectivity index (χ4n) is 9.22. The molecular weight excluding hydrogens is 544 g/mol. The molecule has 0 unspecified atom stereocenters. The number of rotatable bonds is 5. The van der Waals surface area contributed by atoms with Crippen molar-refractivity contribution in [3.05, 3.63) is 47.0 Å². The summed E-state index contributed by atoms with van der Waals surface area (Å²) in [5.74, 6) is -5.41. The molecule has 10 nitrogen and oxygen atoms in total. The van der Waals surface area contributed by atoms with Gasteiger partial charge in [0.2, 0.25) is 0 Å². The number of hydrogen-bond donors (Lipinski definition) is 2. The van der Waals surface area contributed by atoms with Crippen molar-refractivity contribution < 1.29 is 48.0 Å². The van der Waals surface area contributed by atoms with Crippen molar-refractivity contribution in [3.8, 4) is 0 Å². The summed E-state index contributed by atoms with van der Waals surface area (Å²) in [6, 6.07) is 1.78. The number of hydrogen-bond acceptors (Lipinski definition) is 10. The van der Waals surface area contributed by atoms with E-state index in [1.807, 2.05) is 13.8 Å². The summed E-state index contributed by atoms with van der Waals surface area (Å²) in [5, 5.41) is 24.9. The van der Waals surface area contributed by atoms with Crippen molar-refractivity contribution in [2.75, 3.05) is 13.7 Å². The molecule has 42 heavy (non-hydrogen) atoms. The van der Waals surface area contributed by atoms with Crippen LogP contribution in [0, 0.1) is 34.0 Å². The van der Waals surface area contributed by atoms with E-state index < -0.39 is 76.0 Å². The molecule has 3 saturated heterocycles. The van der Waals surface area contributed by atoms with E-state index in [2.05, 4.69) is 6.92 Å². The van der Waals surface area contributed by atoms with Gasteiger partial charge < -0.3 is 33.6 Å². The van der Waals surface area contributed by atoms with Gasteiger partial charge >= 0.3 is 17.9 Å². The minimum absolute atomic E-state index is 0.0233. The maximum Gasteiger partial charge on any atom is 0.333 e. The van der Waals surface area contributed by atoms with Gasteiger partial charge in [-0.15, -0.1) is 0 Å². The molecule has 1 saturated carbocycles. The number of methoxy groups -OCH3 is 1. The number of esters is 3. The molecule has 4 bridgehead atoms. The lowest BCUT2D eigenvalue weighted by Gasteiger charge is -2.73. The van der Waals surface area contributed by atoms with E-state index in [-0.39, 0.29) is 19.4 Å². The fraction of sp³-hybridized carbons (Fsp3) is 0.656. The first-order valence-corrected chi connectivity index (χ1v) is 14.7. The minimum atomic E-state index is -1.94. The van der Waals surface area contributed by atoms with Crippen molar-refractivity contribution in [2.24, 2.45) is 34.0 Å². The van der Waals surface area contributed by atoms with Crippen LogP contribution in [0.4, 0.5) is 0 Å². The molecule has 1 aromatic heterocycles. The Hall–Kier alpha value is -2.95. The number of carbonyl (C=O) groups excluding carboxylic acids is 3. The van der Waals surface area contributed by atoms with Gasteiger partial charge in [-0.25, -0.2) is 4.79 Å². The average molecular weight is 585 g/mol. The maximum atomic E-state index is 13.2. The lowest BCUT2D eigenvalue weighted by atomic mass is 9.38. The maximum absolute atomic E-state index is 13.2. The van der Waals surface area contributed by atoms with Crippen LogP contribution < -0.4 is 0 Å². The van der Waals surface area contributed by atoms with Crippen LogP contribution in [-0.2, 0) is 33.3 Å². The van der Waals surface area contributed by atoms with Crippen LogP contribution in [0.2, 0.25) is 0 Å². The predicted octanol–water partition coefficient (Wildman–Crippen LogP) is 3.77. The topological polar surface area (TPSA) is 142 Å². The van der Waals surface area contributed by atoms with Gasteiger partial charge in [0.25, 0.3) is 0 Å². The van der Waals surface area contributed by atoms with Crippen LogP contribution in [-0.4, -0.2) is 59.8 Å². The van der Waals surface area contributed by atoms with E-state index in [4.69, 9.17) is 23.4 Å². The number of carbonyl (C=O) groups is 3. The number of fused-ring (bicyclic) bond motifs is 3. The summed E-state index contributed by atoms with van der Waals surface area (Å²) >= 11 is 0. The van der Waals surface area contributed by atoms with Gasteiger partial charge in [-0.2, -0.15) is 0 Å². The second kappa shape index (κ2) is 9.53. The summed E-state index contributed by atoms with van der Waals surface area (Å²) in [5.41, 5.74) is -0.0939. The monoisotopic (exact) mass is 584 g/mol. The molecule has 3 aliphatic carbocycles. The third kappa shape index (κ3) is 3.58. The summed E-state index contributed by atoms with van der Waals surface area (Å²) < 4.78 is 28.8. The van der Waals surface area contributed by atoms with Crippen molar-refractivity contribution in [1.29, 1.82) is 0 Å². The van der Waals surface area contributed by atoms with Crippen molar-refractivity contribution in [2.45, 2.75) is 84.4 Å². The molecule has 4 fully saturated rings.